The van der Waals surface area contributed by atoms with Crippen molar-refractivity contribution in [2.75, 3.05) is 31.1 Å². The van der Waals surface area contributed by atoms with Gasteiger partial charge in [0.25, 0.3) is 0 Å². The predicted octanol–water partition coefficient (Wildman–Crippen LogP) is 1.62. The summed E-state index contributed by atoms with van der Waals surface area (Å²) in [5.41, 5.74) is 3.28. The van der Waals surface area contributed by atoms with Crippen LogP contribution in [0.25, 0.3) is 0 Å². The van der Waals surface area contributed by atoms with Gasteiger partial charge in [0, 0.05) is 18.8 Å². The van der Waals surface area contributed by atoms with Crippen LogP contribution >= 0.6 is 0 Å². The molecule has 3 heterocycles. The molecule has 1 atom stereocenters. The first kappa shape index (κ1) is 18.6. The van der Waals surface area contributed by atoms with E-state index in [0.29, 0.717) is 13.2 Å². The van der Waals surface area contributed by atoms with Gasteiger partial charge in [-0.2, -0.15) is 0 Å². The molecule has 8 nitrogen and oxygen atoms in total. The van der Waals surface area contributed by atoms with Crippen LogP contribution in [-0.4, -0.2) is 64.1 Å². The van der Waals surface area contributed by atoms with Crippen molar-refractivity contribution in [3.63, 3.8) is 0 Å². The number of aryl methyl sites for hydroxylation is 1. The van der Waals surface area contributed by atoms with Gasteiger partial charge in [-0.05, 0) is 50.4 Å². The van der Waals surface area contributed by atoms with Crippen LogP contribution < -0.4 is 4.90 Å². The molecule has 0 aliphatic carbocycles. The Morgan fingerprint density at radius 1 is 1.29 bits per heavy atom. The Hall–Kier alpha value is -2.74. The molecular weight excluding hydrogens is 358 g/mol. The fraction of sp³-hybridized carbons (Fsp3) is 0.500. The Labute approximate surface area is 164 Å². The quantitative estimate of drug-likeness (QED) is 0.730. The van der Waals surface area contributed by atoms with Crippen molar-refractivity contribution in [1.29, 1.82) is 0 Å². The number of rotatable bonds is 5. The maximum Gasteiger partial charge on any atom is 0.360 e. The van der Waals surface area contributed by atoms with Crippen molar-refractivity contribution in [3.05, 3.63) is 41.2 Å². The minimum atomic E-state index is -0.468. The number of fused-ring (bicyclic) bond motifs is 1. The van der Waals surface area contributed by atoms with Crippen molar-refractivity contribution in [3.8, 4) is 0 Å². The topological polar surface area (TPSA) is 80.6 Å². The minimum absolute atomic E-state index is 0.0456. The summed E-state index contributed by atoms with van der Waals surface area (Å²) in [7, 11) is 0. The molecule has 2 aliphatic heterocycles. The number of anilines is 1. The first-order valence-corrected chi connectivity index (χ1v) is 9.79. The third-order valence-electron chi connectivity index (χ3n) is 5.45. The zero-order valence-electron chi connectivity index (χ0n) is 16.3. The first-order valence-electron chi connectivity index (χ1n) is 9.79. The van der Waals surface area contributed by atoms with Gasteiger partial charge >= 0.3 is 5.97 Å². The molecule has 0 bridgehead atoms. The van der Waals surface area contributed by atoms with Crippen molar-refractivity contribution in [2.24, 2.45) is 0 Å². The monoisotopic (exact) mass is 383 g/mol. The molecule has 2 aromatic rings. The number of carbonyl (C=O) groups excluding carboxylic acids is 2. The summed E-state index contributed by atoms with van der Waals surface area (Å²) in [5.74, 6) is -0.250. The lowest BCUT2D eigenvalue weighted by atomic mass is 10.1. The fourth-order valence-corrected chi connectivity index (χ4v) is 4.11. The lowest BCUT2D eigenvalue weighted by Gasteiger charge is -2.37. The van der Waals surface area contributed by atoms with Crippen LogP contribution in [0.3, 0.4) is 0 Å². The van der Waals surface area contributed by atoms with Crippen molar-refractivity contribution in [1.82, 2.24) is 19.9 Å². The molecule has 4 rings (SSSR count). The number of aromatic nitrogens is 3. The van der Waals surface area contributed by atoms with Gasteiger partial charge in [0.1, 0.15) is 0 Å². The number of amides is 1. The van der Waals surface area contributed by atoms with Crippen molar-refractivity contribution in [2.45, 2.75) is 39.3 Å². The van der Waals surface area contributed by atoms with E-state index in [4.69, 9.17) is 4.74 Å². The number of hydrogen-bond donors (Lipinski definition) is 0. The summed E-state index contributed by atoms with van der Waals surface area (Å²) in [5, 5.41) is 7.87. The average Bonchev–Trinajstić information content (AvgIpc) is 3.33. The van der Waals surface area contributed by atoms with E-state index in [9.17, 15) is 9.59 Å². The largest absolute Gasteiger partial charge is 0.461 e. The molecule has 148 valence electrons. The van der Waals surface area contributed by atoms with E-state index in [0.717, 1.165) is 49.3 Å². The second kappa shape index (κ2) is 7.71. The van der Waals surface area contributed by atoms with Crippen molar-refractivity contribution < 1.29 is 14.3 Å². The molecule has 1 amide bonds. The number of piperazine rings is 1. The van der Waals surface area contributed by atoms with Crippen LogP contribution in [0.15, 0.2) is 24.4 Å². The number of hydrogen-bond acceptors (Lipinski definition) is 6. The van der Waals surface area contributed by atoms with E-state index in [1.54, 1.807) is 17.8 Å². The maximum absolute atomic E-state index is 12.9. The molecule has 0 spiro atoms. The van der Waals surface area contributed by atoms with E-state index < -0.39 is 5.97 Å². The molecule has 8 heteroatoms. The molecule has 28 heavy (non-hydrogen) atoms. The maximum atomic E-state index is 12.9. The second-order valence-corrected chi connectivity index (χ2v) is 7.33. The second-order valence-electron chi connectivity index (χ2n) is 7.33. The molecule has 1 unspecified atom stereocenters. The molecule has 2 fully saturated rings. The van der Waals surface area contributed by atoms with Crippen LogP contribution in [0.5, 0.6) is 0 Å². The Morgan fingerprint density at radius 2 is 2.14 bits per heavy atom. The first-order chi connectivity index (χ1) is 13.6. The number of carbonyl (C=O) groups is 2. The van der Waals surface area contributed by atoms with Crippen molar-refractivity contribution >= 4 is 17.6 Å². The zero-order valence-corrected chi connectivity index (χ0v) is 16.3. The van der Waals surface area contributed by atoms with E-state index in [2.05, 4.69) is 21.3 Å². The Bertz CT molecular complexity index is 894. The molecular formula is C20H25N5O3. The minimum Gasteiger partial charge on any atom is -0.461 e. The third-order valence-corrected chi connectivity index (χ3v) is 5.45. The van der Waals surface area contributed by atoms with Crippen LogP contribution in [0.1, 0.15) is 41.4 Å². The Balaban J connectivity index is 1.47. The number of nitrogens with zero attached hydrogens (tertiary/aromatic N) is 5. The molecule has 1 aromatic heterocycles. The van der Waals surface area contributed by atoms with Gasteiger partial charge in [-0.25, -0.2) is 9.48 Å². The van der Waals surface area contributed by atoms with E-state index >= 15 is 0 Å². The lowest BCUT2D eigenvalue weighted by Crippen LogP contribution is -2.54. The van der Waals surface area contributed by atoms with Gasteiger partial charge in [-0.15, -0.1) is 5.10 Å². The highest BCUT2D eigenvalue weighted by Crippen LogP contribution is 2.29. The molecule has 1 aromatic carbocycles. The number of esters is 1. The van der Waals surface area contributed by atoms with Gasteiger partial charge in [0.2, 0.25) is 5.91 Å². The predicted molar refractivity (Wildman–Crippen MR) is 103 cm³/mol. The highest BCUT2D eigenvalue weighted by molar-refractivity contribution is 5.98. The van der Waals surface area contributed by atoms with Gasteiger partial charge < -0.3 is 9.64 Å². The van der Waals surface area contributed by atoms with Gasteiger partial charge in [0.15, 0.2) is 5.69 Å². The average molecular weight is 383 g/mol. The number of benzene rings is 1. The summed E-state index contributed by atoms with van der Waals surface area (Å²) in [6, 6.07) is 6.12. The molecule has 0 saturated carbocycles. The zero-order chi connectivity index (χ0) is 19.7. The van der Waals surface area contributed by atoms with Crippen LogP contribution in [-0.2, 0) is 16.1 Å². The lowest BCUT2D eigenvalue weighted by molar-refractivity contribution is -0.124. The summed E-state index contributed by atoms with van der Waals surface area (Å²) >= 11 is 0. The van der Waals surface area contributed by atoms with E-state index in [1.807, 2.05) is 24.0 Å². The van der Waals surface area contributed by atoms with Gasteiger partial charge in [-0.1, -0.05) is 17.3 Å². The molecule has 2 saturated heterocycles. The highest BCUT2D eigenvalue weighted by atomic mass is 16.5. The molecule has 0 N–H and O–H groups in total. The number of ether oxygens (including phenoxy) is 1. The summed E-state index contributed by atoms with van der Waals surface area (Å²) in [6.07, 6.45) is 3.65. The van der Waals surface area contributed by atoms with Crippen LogP contribution in [0.4, 0.5) is 5.69 Å². The van der Waals surface area contributed by atoms with Crippen LogP contribution in [0, 0.1) is 6.92 Å². The fourth-order valence-electron chi connectivity index (χ4n) is 4.11. The summed E-state index contributed by atoms with van der Waals surface area (Å²) < 4.78 is 6.55. The highest BCUT2D eigenvalue weighted by Gasteiger charge is 2.38. The molecule has 2 aliphatic rings. The van der Waals surface area contributed by atoms with E-state index in [-0.39, 0.29) is 17.6 Å². The summed E-state index contributed by atoms with van der Waals surface area (Å²) in [6.45, 7) is 7.29. The van der Waals surface area contributed by atoms with Gasteiger partial charge in [0.05, 0.1) is 25.4 Å². The van der Waals surface area contributed by atoms with E-state index in [1.165, 1.54) is 0 Å². The summed E-state index contributed by atoms with van der Waals surface area (Å²) in [4.78, 5) is 28.8. The molecule has 0 radical (unpaired) electrons. The Morgan fingerprint density at radius 3 is 2.93 bits per heavy atom. The van der Waals surface area contributed by atoms with Gasteiger partial charge in [-0.3, -0.25) is 9.69 Å². The van der Waals surface area contributed by atoms with Crippen LogP contribution in [0.2, 0.25) is 0 Å². The third kappa shape index (κ3) is 3.52. The normalized spacial score (nSPS) is 19.7. The smallest absolute Gasteiger partial charge is 0.360 e. The SMILES string of the molecule is CCOC(=O)c1cn(Cc2ccc(N3CCN4CCCC4C3=O)c(C)c2)nn1. The standard InChI is InChI=1S/C20H25N5O3/c1-3-28-20(27)16-13-24(22-21-16)12-15-6-7-17(14(2)11-15)25-10-9-23-8-4-5-18(23)19(25)26/h6-7,11,13,18H,3-5,8-10,12H2,1-2H3. The Kier molecular flexibility index (Phi) is 5.13.